The van der Waals surface area contributed by atoms with Gasteiger partial charge in [0, 0.05) is 5.71 Å². The van der Waals surface area contributed by atoms with E-state index >= 15 is 0 Å². The molecule has 1 nitrogen and oxygen atoms in total. The van der Waals surface area contributed by atoms with Crippen LogP contribution in [0.4, 0.5) is 13.2 Å². The summed E-state index contributed by atoms with van der Waals surface area (Å²) in [5, 5.41) is 6.72. The average molecular weight is 151 g/mol. The first-order valence-corrected chi connectivity index (χ1v) is 2.68. The standard InChI is InChI=1S/C6H8F3N/c1-3-5(4(2)10)6(7,8)9/h3,10H,1-2H3/b5-3+,10-4?. The van der Waals surface area contributed by atoms with E-state index in [1.54, 1.807) is 0 Å². The van der Waals surface area contributed by atoms with E-state index in [9.17, 15) is 13.2 Å². The van der Waals surface area contributed by atoms with Gasteiger partial charge in [-0.3, -0.25) is 0 Å². The van der Waals surface area contributed by atoms with Crippen molar-refractivity contribution in [3.8, 4) is 0 Å². The minimum atomic E-state index is -4.37. The van der Waals surface area contributed by atoms with Gasteiger partial charge in [0.15, 0.2) is 0 Å². The zero-order chi connectivity index (χ0) is 8.36. The summed E-state index contributed by atoms with van der Waals surface area (Å²) in [7, 11) is 0. The van der Waals surface area contributed by atoms with Gasteiger partial charge in [0.2, 0.25) is 0 Å². The third-order valence-corrected chi connectivity index (χ3v) is 0.998. The van der Waals surface area contributed by atoms with Crippen LogP contribution in [0.3, 0.4) is 0 Å². The molecule has 4 heteroatoms. The van der Waals surface area contributed by atoms with Gasteiger partial charge in [-0.1, -0.05) is 6.08 Å². The lowest BCUT2D eigenvalue weighted by atomic mass is 10.1. The van der Waals surface area contributed by atoms with Crippen LogP contribution in [0.15, 0.2) is 11.6 Å². The van der Waals surface area contributed by atoms with Crippen molar-refractivity contribution in [2.45, 2.75) is 20.0 Å². The second kappa shape index (κ2) is 2.86. The average Bonchev–Trinajstić information content (AvgIpc) is 1.60. The van der Waals surface area contributed by atoms with E-state index in [1.165, 1.54) is 6.92 Å². The van der Waals surface area contributed by atoms with E-state index in [0.29, 0.717) is 0 Å². The summed E-state index contributed by atoms with van der Waals surface area (Å²) in [6, 6.07) is 0. The molecule has 0 aliphatic rings. The predicted octanol–water partition coefficient (Wildman–Crippen LogP) is 2.53. The summed E-state index contributed by atoms with van der Waals surface area (Å²) < 4.78 is 35.3. The lowest BCUT2D eigenvalue weighted by Crippen LogP contribution is -2.17. The van der Waals surface area contributed by atoms with Crippen molar-refractivity contribution >= 4 is 5.71 Å². The molecule has 0 unspecified atom stereocenters. The summed E-state index contributed by atoms with van der Waals surface area (Å²) in [6.45, 7) is 2.38. The van der Waals surface area contributed by atoms with Crippen molar-refractivity contribution in [2.75, 3.05) is 0 Å². The summed E-state index contributed by atoms with van der Waals surface area (Å²) in [6.07, 6.45) is -3.48. The van der Waals surface area contributed by atoms with E-state index in [2.05, 4.69) is 0 Å². The van der Waals surface area contributed by atoms with Crippen LogP contribution in [-0.2, 0) is 0 Å². The Balaban J connectivity index is 4.56. The fraction of sp³-hybridized carbons (Fsp3) is 0.500. The number of allylic oxidation sites excluding steroid dienone is 2. The fourth-order valence-electron chi connectivity index (χ4n) is 0.593. The predicted molar refractivity (Wildman–Crippen MR) is 33.2 cm³/mol. The van der Waals surface area contributed by atoms with Crippen LogP contribution in [0.25, 0.3) is 0 Å². The third-order valence-electron chi connectivity index (χ3n) is 0.998. The highest BCUT2D eigenvalue weighted by Gasteiger charge is 2.33. The first kappa shape index (κ1) is 9.20. The SMILES string of the molecule is C/C=C(\C(C)=N)C(F)(F)F. The maximum absolute atomic E-state index is 11.8. The first-order valence-electron chi connectivity index (χ1n) is 2.68. The highest BCUT2D eigenvalue weighted by Crippen LogP contribution is 2.25. The van der Waals surface area contributed by atoms with Gasteiger partial charge < -0.3 is 5.41 Å². The van der Waals surface area contributed by atoms with Gasteiger partial charge in [-0.25, -0.2) is 0 Å². The van der Waals surface area contributed by atoms with Crippen molar-refractivity contribution in [1.82, 2.24) is 0 Å². The van der Waals surface area contributed by atoms with Crippen molar-refractivity contribution in [3.63, 3.8) is 0 Å². The summed E-state index contributed by atoms with van der Waals surface area (Å²) >= 11 is 0. The zero-order valence-corrected chi connectivity index (χ0v) is 5.71. The van der Waals surface area contributed by atoms with Crippen LogP contribution in [0, 0.1) is 5.41 Å². The zero-order valence-electron chi connectivity index (χ0n) is 5.71. The second-order valence-electron chi connectivity index (χ2n) is 1.83. The molecule has 0 saturated carbocycles. The Morgan fingerprint density at radius 3 is 1.80 bits per heavy atom. The van der Waals surface area contributed by atoms with Gasteiger partial charge >= 0.3 is 6.18 Å². The third kappa shape index (κ3) is 2.21. The normalized spacial score (nSPS) is 13.5. The van der Waals surface area contributed by atoms with Gasteiger partial charge in [-0.15, -0.1) is 0 Å². The van der Waals surface area contributed by atoms with E-state index in [-0.39, 0.29) is 0 Å². The molecule has 0 aliphatic heterocycles. The molecular weight excluding hydrogens is 143 g/mol. The van der Waals surface area contributed by atoms with Gasteiger partial charge in [0.05, 0.1) is 5.57 Å². The Morgan fingerprint density at radius 1 is 1.40 bits per heavy atom. The van der Waals surface area contributed by atoms with Crippen LogP contribution in [-0.4, -0.2) is 11.9 Å². The number of halogens is 3. The molecule has 0 amide bonds. The molecule has 0 aromatic carbocycles. The van der Waals surface area contributed by atoms with Gasteiger partial charge in [-0.05, 0) is 13.8 Å². The maximum atomic E-state index is 11.8. The molecule has 0 bridgehead atoms. The van der Waals surface area contributed by atoms with Gasteiger partial charge in [0.25, 0.3) is 0 Å². The Labute approximate surface area is 57.1 Å². The smallest absolute Gasteiger partial charge is 0.305 e. The summed E-state index contributed by atoms with van der Waals surface area (Å²) in [5.74, 6) is 0. The van der Waals surface area contributed by atoms with E-state index < -0.39 is 17.5 Å². The van der Waals surface area contributed by atoms with E-state index in [0.717, 1.165) is 13.0 Å². The van der Waals surface area contributed by atoms with E-state index in [4.69, 9.17) is 5.41 Å². The summed E-state index contributed by atoms with van der Waals surface area (Å²) in [5.41, 5.74) is -1.32. The van der Waals surface area contributed by atoms with Crippen LogP contribution in [0.2, 0.25) is 0 Å². The maximum Gasteiger partial charge on any atom is 0.417 e. The minimum absolute atomic E-state index is 0.449. The van der Waals surface area contributed by atoms with Crippen LogP contribution in [0.5, 0.6) is 0 Å². The highest BCUT2D eigenvalue weighted by atomic mass is 19.4. The van der Waals surface area contributed by atoms with Crippen molar-refractivity contribution in [3.05, 3.63) is 11.6 Å². The molecule has 0 heterocycles. The van der Waals surface area contributed by atoms with E-state index in [1.807, 2.05) is 0 Å². The Bertz CT molecular complexity index is 166. The first-order chi connectivity index (χ1) is 4.39. The molecule has 58 valence electrons. The van der Waals surface area contributed by atoms with Crippen molar-refractivity contribution < 1.29 is 13.2 Å². The number of alkyl halides is 3. The molecule has 0 atom stereocenters. The largest absolute Gasteiger partial charge is 0.417 e. The van der Waals surface area contributed by atoms with Gasteiger partial charge in [-0.2, -0.15) is 13.2 Å². The molecule has 0 fully saturated rings. The number of nitrogens with one attached hydrogen (secondary N) is 1. The Hall–Kier alpha value is -0.800. The minimum Gasteiger partial charge on any atom is -0.305 e. The van der Waals surface area contributed by atoms with Crippen molar-refractivity contribution in [2.24, 2.45) is 0 Å². The Morgan fingerprint density at radius 2 is 1.80 bits per heavy atom. The quantitative estimate of drug-likeness (QED) is 0.557. The lowest BCUT2D eigenvalue weighted by Gasteiger charge is -2.08. The lowest BCUT2D eigenvalue weighted by molar-refractivity contribution is -0.0862. The highest BCUT2D eigenvalue weighted by molar-refractivity contribution is 5.96. The number of rotatable bonds is 1. The molecule has 10 heavy (non-hydrogen) atoms. The van der Waals surface area contributed by atoms with Crippen LogP contribution >= 0.6 is 0 Å². The molecule has 0 spiro atoms. The molecule has 0 rings (SSSR count). The van der Waals surface area contributed by atoms with Crippen LogP contribution in [0.1, 0.15) is 13.8 Å². The molecule has 0 aliphatic carbocycles. The second-order valence-corrected chi connectivity index (χ2v) is 1.83. The Kier molecular flexibility index (Phi) is 2.63. The monoisotopic (exact) mass is 151 g/mol. The fourth-order valence-corrected chi connectivity index (χ4v) is 0.593. The number of hydrogen-bond acceptors (Lipinski definition) is 1. The molecular formula is C6H8F3N. The number of hydrogen-bond donors (Lipinski definition) is 1. The molecule has 0 saturated heterocycles. The molecule has 0 aromatic heterocycles. The topological polar surface area (TPSA) is 23.9 Å². The molecule has 0 radical (unpaired) electrons. The molecule has 1 N–H and O–H groups in total. The van der Waals surface area contributed by atoms with Crippen LogP contribution < -0.4 is 0 Å². The summed E-state index contributed by atoms with van der Waals surface area (Å²) in [4.78, 5) is 0. The van der Waals surface area contributed by atoms with Crippen molar-refractivity contribution in [1.29, 1.82) is 5.41 Å². The van der Waals surface area contributed by atoms with Gasteiger partial charge in [0.1, 0.15) is 0 Å². The molecule has 0 aromatic rings.